The molecule has 1 aliphatic rings. The monoisotopic (exact) mass is 200 g/mol. The van der Waals surface area contributed by atoms with Gasteiger partial charge in [-0.15, -0.1) is 0 Å². The van der Waals surface area contributed by atoms with Gasteiger partial charge >= 0.3 is 0 Å². The van der Waals surface area contributed by atoms with E-state index in [4.69, 9.17) is 4.74 Å². The van der Waals surface area contributed by atoms with Crippen LogP contribution >= 0.6 is 0 Å². The van der Waals surface area contributed by atoms with Gasteiger partial charge in [-0.2, -0.15) is 0 Å². The maximum Gasteiger partial charge on any atom is 0.236 e. The van der Waals surface area contributed by atoms with E-state index in [1.807, 2.05) is 11.8 Å². The number of rotatable bonds is 4. The molecule has 0 aromatic rings. The van der Waals surface area contributed by atoms with Crippen LogP contribution in [0.3, 0.4) is 0 Å². The molecule has 0 bridgehead atoms. The third kappa shape index (κ3) is 2.96. The number of nitrogens with zero attached hydrogens (tertiary/aromatic N) is 1. The van der Waals surface area contributed by atoms with E-state index in [1.165, 1.54) is 0 Å². The average molecular weight is 200 g/mol. The standard InChI is InChI=1S/C10H20N2O2/c1-3-12(10(13)8-11-2)9-4-6-14-7-5-9/h9,11H,3-8H2,1-2H3. The zero-order chi connectivity index (χ0) is 10.4. The van der Waals surface area contributed by atoms with E-state index in [-0.39, 0.29) is 5.91 Å². The van der Waals surface area contributed by atoms with Crippen LogP contribution in [0.25, 0.3) is 0 Å². The molecular formula is C10H20N2O2. The van der Waals surface area contributed by atoms with Crippen LogP contribution in [0, 0.1) is 0 Å². The van der Waals surface area contributed by atoms with Crippen molar-refractivity contribution in [1.29, 1.82) is 0 Å². The summed E-state index contributed by atoms with van der Waals surface area (Å²) in [5, 5.41) is 2.90. The lowest BCUT2D eigenvalue weighted by Crippen LogP contribution is -2.46. The van der Waals surface area contributed by atoms with Crippen molar-refractivity contribution in [1.82, 2.24) is 10.2 Å². The van der Waals surface area contributed by atoms with E-state index in [2.05, 4.69) is 5.32 Å². The number of carbonyl (C=O) groups excluding carboxylic acids is 1. The third-order valence-corrected chi connectivity index (χ3v) is 2.62. The lowest BCUT2D eigenvalue weighted by Gasteiger charge is -2.33. The van der Waals surface area contributed by atoms with E-state index in [0.29, 0.717) is 12.6 Å². The highest BCUT2D eigenvalue weighted by atomic mass is 16.5. The first-order chi connectivity index (χ1) is 6.79. The van der Waals surface area contributed by atoms with Crippen LogP contribution in [-0.2, 0) is 9.53 Å². The zero-order valence-electron chi connectivity index (χ0n) is 9.08. The van der Waals surface area contributed by atoms with Gasteiger partial charge < -0.3 is 15.0 Å². The number of likely N-dealkylation sites (N-methyl/N-ethyl adjacent to an activating group) is 2. The van der Waals surface area contributed by atoms with Crippen molar-refractivity contribution in [2.24, 2.45) is 0 Å². The molecule has 0 aromatic carbocycles. The highest BCUT2D eigenvalue weighted by molar-refractivity contribution is 5.78. The molecular weight excluding hydrogens is 180 g/mol. The van der Waals surface area contributed by atoms with Crippen molar-refractivity contribution < 1.29 is 9.53 Å². The maximum absolute atomic E-state index is 11.7. The van der Waals surface area contributed by atoms with E-state index in [9.17, 15) is 4.79 Å². The summed E-state index contributed by atoms with van der Waals surface area (Å²) in [6.07, 6.45) is 1.95. The molecule has 1 fully saturated rings. The van der Waals surface area contributed by atoms with Crippen LogP contribution in [0.5, 0.6) is 0 Å². The van der Waals surface area contributed by atoms with Gasteiger partial charge in [0.2, 0.25) is 5.91 Å². The SMILES string of the molecule is CCN(C(=O)CNC)C1CCOCC1. The van der Waals surface area contributed by atoms with Crippen molar-refractivity contribution in [2.45, 2.75) is 25.8 Å². The molecule has 14 heavy (non-hydrogen) atoms. The maximum atomic E-state index is 11.7. The van der Waals surface area contributed by atoms with Gasteiger partial charge in [-0.1, -0.05) is 0 Å². The topological polar surface area (TPSA) is 41.6 Å². The predicted octanol–water partition coefficient (Wildman–Crippen LogP) is 0.233. The molecule has 1 saturated heterocycles. The number of carbonyl (C=O) groups is 1. The molecule has 1 aliphatic heterocycles. The Morgan fingerprint density at radius 2 is 2.14 bits per heavy atom. The van der Waals surface area contributed by atoms with E-state index in [1.54, 1.807) is 7.05 Å². The molecule has 0 radical (unpaired) electrons. The number of nitrogens with one attached hydrogen (secondary N) is 1. The molecule has 0 aromatic heterocycles. The fourth-order valence-electron chi connectivity index (χ4n) is 1.89. The second-order valence-electron chi connectivity index (χ2n) is 3.55. The summed E-state index contributed by atoms with van der Waals surface area (Å²) in [4.78, 5) is 13.7. The molecule has 1 rings (SSSR count). The normalized spacial score (nSPS) is 18.1. The number of hydrogen-bond donors (Lipinski definition) is 1. The van der Waals surface area contributed by atoms with Gasteiger partial charge in [0, 0.05) is 25.8 Å². The molecule has 0 saturated carbocycles. The summed E-state index contributed by atoms with van der Waals surface area (Å²) in [7, 11) is 1.80. The van der Waals surface area contributed by atoms with Crippen LogP contribution in [0.1, 0.15) is 19.8 Å². The van der Waals surface area contributed by atoms with E-state index in [0.717, 1.165) is 32.6 Å². The molecule has 4 heteroatoms. The second-order valence-corrected chi connectivity index (χ2v) is 3.55. The quantitative estimate of drug-likeness (QED) is 0.706. The number of hydrogen-bond acceptors (Lipinski definition) is 3. The summed E-state index contributed by atoms with van der Waals surface area (Å²) < 4.78 is 5.28. The smallest absolute Gasteiger partial charge is 0.236 e. The Hall–Kier alpha value is -0.610. The van der Waals surface area contributed by atoms with Gasteiger partial charge in [0.25, 0.3) is 0 Å². The summed E-state index contributed by atoms with van der Waals surface area (Å²) in [5.74, 6) is 0.196. The molecule has 0 aliphatic carbocycles. The van der Waals surface area contributed by atoms with Crippen molar-refractivity contribution in [3.63, 3.8) is 0 Å². The van der Waals surface area contributed by atoms with Crippen LogP contribution < -0.4 is 5.32 Å². The lowest BCUT2D eigenvalue weighted by molar-refractivity contribution is -0.134. The Labute approximate surface area is 85.6 Å². The minimum Gasteiger partial charge on any atom is -0.381 e. The Morgan fingerprint density at radius 3 is 2.64 bits per heavy atom. The van der Waals surface area contributed by atoms with Crippen molar-refractivity contribution in [2.75, 3.05) is 33.4 Å². The first-order valence-electron chi connectivity index (χ1n) is 5.31. The lowest BCUT2D eigenvalue weighted by atomic mass is 10.1. The number of ether oxygens (including phenoxy) is 1. The van der Waals surface area contributed by atoms with E-state index < -0.39 is 0 Å². The van der Waals surface area contributed by atoms with Crippen molar-refractivity contribution in [3.05, 3.63) is 0 Å². The first-order valence-corrected chi connectivity index (χ1v) is 5.31. The van der Waals surface area contributed by atoms with Crippen LogP contribution in [-0.4, -0.2) is 50.2 Å². The Balaban J connectivity index is 2.46. The van der Waals surface area contributed by atoms with Crippen molar-refractivity contribution >= 4 is 5.91 Å². The Bertz CT molecular complexity index is 179. The molecule has 1 amide bonds. The molecule has 1 N–H and O–H groups in total. The highest BCUT2D eigenvalue weighted by Crippen LogP contribution is 2.13. The summed E-state index contributed by atoms with van der Waals surface area (Å²) in [6, 6.07) is 0.384. The summed E-state index contributed by atoms with van der Waals surface area (Å²) in [6.45, 7) is 4.83. The molecule has 0 atom stereocenters. The highest BCUT2D eigenvalue weighted by Gasteiger charge is 2.23. The fourth-order valence-corrected chi connectivity index (χ4v) is 1.89. The van der Waals surface area contributed by atoms with Crippen LogP contribution in [0.4, 0.5) is 0 Å². The van der Waals surface area contributed by atoms with Gasteiger partial charge in [0.1, 0.15) is 0 Å². The van der Waals surface area contributed by atoms with E-state index >= 15 is 0 Å². The third-order valence-electron chi connectivity index (χ3n) is 2.62. The summed E-state index contributed by atoms with van der Waals surface area (Å²) >= 11 is 0. The minimum atomic E-state index is 0.196. The first kappa shape index (κ1) is 11.5. The Kier molecular flexibility index (Phi) is 4.90. The van der Waals surface area contributed by atoms with Gasteiger partial charge in [-0.05, 0) is 26.8 Å². The molecule has 0 unspecified atom stereocenters. The largest absolute Gasteiger partial charge is 0.381 e. The van der Waals surface area contributed by atoms with Gasteiger partial charge in [-0.25, -0.2) is 0 Å². The predicted molar refractivity (Wildman–Crippen MR) is 55.2 cm³/mol. The molecule has 1 heterocycles. The second kappa shape index (κ2) is 5.98. The van der Waals surface area contributed by atoms with Gasteiger partial charge in [0.15, 0.2) is 0 Å². The van der Waals surface area contributed by atoms with Crippen LogP contribution in [0.15, 0.2) is 0 Å². The molecule has 82 valence electrons. The van der Waals surface area contributed by atoms with Gasteiger partial charge in [0.05, 0.1) is 6.54 Å². The summed E-state index contributed by atoms with van der Waals surface area (Å²) in [5.41, 5.74) is 0. The van der Waals surface area contributed by atoms with Gasteiger partial charge in [-0.3, -0.25) is 4.79 Å². The number of amides is 1. The average Bonchev–Trinajstić information content (AvgIpc) is 2.21. The zero-order valence-corrected chi connectivity index (χ0v) is 9.08. The molecule has 4 nitrogen and oxygen atoms in total. The fraction of sp³-hybridized carbons (Fsp3) is 0.900. The minimum absolute atomic E-state index is 0.196. The van der Waals surface area contributed by atoms with Crippen LogP contribution in [0.2, 0.25) is 0 Å². The van der Waals surface area contributed by atoms with Crippen molar-refractivity contribution in [3.8, 4) is 0 Å². The molecule has 0 spiro atoms. The Morgan fingerprint density at radius 1 is 1.50 bits per heavy atom.